The van der Waals surface area contributed by atoms with Crippen LogP contribution in [0.15, 0.2) is 11.6 Å². The van der Waals surface area contributed by atoms with E-state index in [1.807, 2.05) is 6.92 Å². The van der Waals surface area contributed by atoms with Crippen LogP contribution in [-0.4, -0.2) is 41.9 Å². The van der Waals surface area contributed by atoms with Crippen LogP contribution in [0, 0.1) is 0 Å². The summed E-state index contributed by atoms with van der Waals surface area (Å²) < 4.78 is 0. The standard InChI is InChI=1S/C13H19N3O3/c1-9(10-5-3-2-4-6-10)15-11(17)8-16-12(18)7-14-13(16)19/h5,9H,2-4,6-8H2,1H3,(H,14,19)(H,15,17)/t9-/m1/s1. The summed E-state index contributed by atoms with van der Waals surface area (Å²) in [5, 5.41) is 5.22. The molecule has 2 rings (SSSR count). The fourth-order valence-corrected chi connectivity index (χ4v) is 2.40. The molecule has 2 N–H and O–H groups in total. The van der Waals surface area contributed by atoms with E-state index in [1.54, 1.807) is 0 Å². The SMILES string of the molecule is C[C@@H](NC(=O)CN1C(=O)CNC1=O)C1=CCCCC1. The maximum atomic E-state index is 11.8. The van der Waals surface area contributed by atoms with Crippen molar-refractivity contribution in [2.75, 3.05) is 13.1 Å². The van der Waals surface area contributed by atoms with Gasteiger partial charge in [-0.15, -0.1) is 0 Å². The van der Waals surface area contributed by atoms with Gasteiger partial charge in [0.25, 0.3) is 5.91 Å². The van der Waals surface area contributed by atoms with Crippen molar-refractivity contribution >= 4 is 17.8 Å². The topological polar surface area (TPSA) is 78.5 Å². The molecule has 104 valence electrons. The van der Waals surface area contributed by atoms with Crippen LogP contribution < -0.4 is 10.6 Å². The lowest BCUT2D eigenvalue weighted by atomic mass is 9.95. The van der Waals surface area contributed by atoms with E-state index >= 15 is 0 Å². The largest absolute Gasteiger partial charge is 0.348 e. The highest BCUT2D eigenvalue weighted by molar-refractivity contribution is 6.04. The predicted octanol–water partition coefficient (Wildman–Crippen LogP) is 0.543. The van der Waals surface area contributed by atoms with E-state index in [1.165, 1.54) is 12.0 Å². The number of hydrogen-bond acceptors (Lipinski definition) is 3. The molecule has 0 bridgehead atoms. The Hall–Kier alpha value is -1.85. The van der Waals surface area contributed by atoms with Crippen LogP contribution in [0.1, 0.15) is 32.6 Å². The van der Waals surface area contributed by atoms with Gasteiger partial charge in [0, 0.05) is 6.04 Å². The molecule has 1 fully saturated rings. The lowest BCUT2D eigenvalue weighted by Crippen LogP contribution is -2.44. The smallest absolute Gasteiger partial charge is 0.325 e. The second-order valence-electron chi connectivity index (χ2n) is 4.95. The number of hydrogen-bond donors (Lipinski definition) is 2. The fourth-order valence-electron chi connectivity index (χ4n) is 2.40. The molecule has 6 heteroatoms. The quantitative estimate of drug-likeness (QED) is 0.575. The highest BCUT2D eigenvalue weighted by Crippen LogP contribution is 2.20. The van der Waals surface area contributed by atoms with Crippen LogP contribution in [0.25, 0.3) is 0 Å². The highest BCUT2D eigenvalue weighted by Gasteiger charge is 2.30. The molecule has 0 spiro atoms. The lowest BCUT2D eigenvalue weighted by Gasteiger charge is -2.21. The van der Waals surface area contributed by atoms with Crippen molar-refractivity contribution in [2.24, 2.45) is 0 Å². The van der Waals surface area contributed by atoms with Crippen LogP contribution >= 0.6 is 0 Å². The van der Waals surface area contributed by atoms with E-state index in [9.17, 15) is 14.4 Å². The third kappa shape index (κ3) is 3.33. The molecule has 1 atom stereocenters. The molecule has 4 amide bonds. The van der Waals surface area contributed by atoms with Gasteiger partial charge in [-0.1, -0.05) is 11.6 Å². The molecular weight excluding hydrogens is 246 g/mol. The number of nitrogens with one attached hydrogen (secondary N) is 2. The number of imide groups is 1. The van der Waals surface area contributed by atoms with Crippen molar-refractivity contribution < 1.29 is 14.4 Å². The monoisotopic (exact) mass is 265 g/mol. The molecule has 0 saturated carbocycles. The summed E-state index contributed by atoms with van der Waals surface area (Å²) >= 11 is 0. The summed E-state index contributed by atoms with van der Waals surface area (Å²) in [6.07, 6.45) is 6.58. The summed E-state index contributed by atoms with van der Waals surface area (Å²) in [5.74, 6) is -0.658. The maximum absolute atomic E-state index is 11.8. The number of allylic oxidation sites excluding steroid dienone is 1. The summed E-state index contributed by atoms with van der Waals surface area (Å²) in [5.41, 5.74) is 1.23. The van der Waals surface area contributed by atoms with Crippen molar-refractivity contribution in [3.63, 3.8) is 0 Å². The van der Waals surface area contributed by atoms with Crippen LogP contribution in [0.5, 0.6) is 0 Å². The molecule has 6 nitrogen and oxygen atoms in total. The van der Waals surface area contributed by atoms with Gasteiger partial charge in [-0.3, -0.25) is 14.5 Å². The Kier molecular flexibility index (Phi) is 4.19. The number of nitrogens with zero attached hydrogens (tertiary/aromatic N) is 1. The second kappa shape index (κ2) is 5.86. The molecule has 1 saturated heterocycles. The molecule has 2 aliphatic rings. The Bertz CT molecular complexity index is 415. The van der Waals surface area contributed by atoms with E-state index < -0.39 is 6.03 Å². The molecular formula is C13H19N3O3. The zero-order valence-electron chi connectivity index (χ0n) is 11.1. The number of carbonyl (C=O) groups is 3. The highest BCUT2D eigenvalue weighted by atomic mass is 16.2. The normalized spacial score (nSPS) is 20.9. The number of rotatable bonds is 4. The zero-order chi connectivity index (χ0) is 13.8. The summed E-state index contributed by atoms with van der Waals surface area (Å²) in [6.45, 7) is 1.70. The summed E-state index contributed by atoms with van der Waals surface area (Å²) in [6, 6.07) is -0.529. The van der Waals surface area contributed by atoms with Gasteiger partial charge in [-0.05, 0) is 32.6 Å². The van der Waals surface area contributed by atoms with Crippen molar-refractivity contribution in [1.82, 2.24) is 15.5 Å². The second-order valence-corrected chi connectivity index (χ2v) is 4.95. The average Bonchev–Trinajstić information content (AvgIpc) is 2.71. The molecule has 0 aromatic carbocycles. The lowest BCUT2D eigenvalue weighted by molar-refractivity contribution is -0.130. The minimum atomic E-state index is -0.496. The molecule has 19 heavy (non-hydrogen) atoms. The third-order valence-corrected chi connectivity index (χ3v) is 3.50. The summed E-state index contributed by atoms with van der Waals surface area (Å²) in [7, 11) is 0. The first-order valence-electron chi connectivity index (χ1n) is 6.64. The number of amides is 4. The Morgan fingerprint density at radius 3 is 2.84 bits per heavy atom. The van der Waals surface area contributed by atoms with E-state index in [2.05, 4.69) is 16.7 Å². The van der Waals surface area contributed by atoms with Crippen LogP contribution in [0.2, 0.25) is 0 Å². The van der Waals surface area contributed by atoms with Crippen LogP contribution in [0.4, 0.5) is 4.79 Å². The van der Waals surface area contributed by atoms with Crippen molar-refractivity contribution in [3.8, 4) is 0 Å². The van der Waals surface area contributed by atoms with Gasteiger partial charge >= 0.3 is 6.03 Å². The predicted molar refractivity (Wildman–Crippen MR) is 69.3 cm³/mol. The van der Waals surface area contributed by atoms with Crippen molar-refractivity contribution in [3.05, 3.63) is 11.6 Å². The van der Waals surface area contributed by atoms with Gasteiger partial charge in [0.2, 0.25) is 5.91 Å². The first-order chi connectivity index (χ1) is 9.08. The van der Waals surface area contributed by atoms with E-state index in [4.69, 9.17) is 0 Å². The summed E-state index contributed by atoms with van der Waals surface area (Å²) in [4.78, 5) is 35.4. The van der Waals surface area contributed by atoms with Gasteiger partial charge in [0.1, 0.15) is 6.54 Å². The minimum Gasteiger partial charge on any atom is -0.348 e. The molecule has 1 aliphatic carbocycles. The third-order valence-electron chi connectivity index (χ3n) is 3.50. The molecule has 0 radical (unpaired) electrons. The van der Waals surface area contributed by atoms with Gasteiger partial charge in [-0.2, -0.15) is 0 Å². The molecule has 1 aliphatic heterocycles. The van der Waals surface area contributed by atoms with E-state index in [0.717, 1.165) is 24.2 Å². The first-order valence-corrected chi connectivity index (χ1v) is 6.64. The molecule has 0 unspecified atom stereocenters. The Morgan fingerprint density at radius 1 is 1.47 bits per heavy atom. The average molecular weight is 265 g/mol. The van der Waals surface area contributed by atoms with Gasteiger partial charge < -0.3 is 10.6 Å². The maximum Gasteiger partial charge on any atom is 0.325 e. The Morgan fingerprint density at radius 2 is 2.26 bits per heavy atom. The zero-order valence-corrected chi connectivity index (χ0v) is 11.1. The Balaban J connectivity index is 1.85. The first kappa shape index (κ1) is 13.6. The van der Waals surface area contributed by atoms with E-state index in [0.29, 0.717) is 0 Å². The van der Waals surface area contributed by atoms with Gasteiger partial charge in [0.05, 0.1) is 6.54 Å². The van der Waals surface area contributed by atoms with Crippen molar-refractivity contribution in [1.29, 1.82) is 0 Å². The van der Waals surface area contributed by atoms with Gasteiger partial charge in [0.15, 0.2) is 0 Å². The minimum absolute atomic E-state index is 0.0210. The van der Waals surface area contributed by atoms with Crippen LogP contribution in [0.3, 0.4) is 0 Å². The van der Waals surface area contributed by atoms with Crippen LogP contribution in [-0.2, 0) is 9.59 Å². The number of urea groups is 1. The van der Waals surface area contributed by atoms with Gasteiger partial charge in [-0.25, -0.2) is 4.79 Å². The molecule has 0 aromatic rings. The Labute approximate surface area is 112 Å². The number of carbonyl (C=O) groups excluding carboxylic acids is 3. The van der Waals surface area contributed by atoms with Crippen molar-refractivity contribution in [2.45, 2.75) is 38.6 Å². The molecule has 0 aromatic heterocycles. The fraction of sp³-hybridized carbons (Fsp3) is 0.615. The van der Waals surface area contributed by atoms with E-state index in [-0.39, 0.29) is 30.9 Å². The molecule has 1 heterocycles.